The minimum absolute atomic E-state index is 0.224. The van der Waals surface area contributed by atoms with Gasteiger partial charge in [0.05, 0.1) is 18.8 Å². The maximum atomic E-state index is 5.36. The lowest BCUT2D eigenvalue weighted by atomic mass is 9.92. The van der Waals surface area contributed by atoms with Gasteiger partial charge in [-0.15, -0.1) is 0 Å². The monoisotopic (exact) mass is 218 g/mol. The third kappa shape index (κ3) is 2.03. The van der Waals surface area contributed by atoms with Gasteiger partial charge in [-0.2, -0.15) is 0 Å². The first-order valence-electron chi connectivity index (χ1n) is 5.50. The number of methoxy groups -OCH3 is 1. The molecule has 0 spiro atoms. The number of fused-ring (bicyclic) bond motifs is 1. The second kappa shape index (κ2) is 3.81. The molecule has 0 aliphatic carbocycles. The van der Waals surface area contributed by atoms with E-state index in [0.717, 1.165) is 23.6 Å². The second-order valence-electron chi connectivity index (χ2n) is 5.24. The highest BCUT2D eigenvalue weighted by Crippen LogP contribution is 2.23. The van der Waals surface area contributed by atoms with Crippen molar-refractivity contribution in [2.45, 2.75) is 27.2 Å². The van der Waals surface area contributed by atoms with E-state index in [9.17, 15) is 0 Å². The fourth-order valence-electron chi connectivity index (χ4n) is 1.84. The largest absolute Gasteiger partial charge is 0.482 e. The highest BCUT2D eigenvalue weighted by atomic mass is 16.5. The summed E-state index contributed by atoms with van der Waals surface area (Å²) in [5, 5.41) is 0. The number of imidazole rings is 1. The van der Waals surface area contributed by atoms with E-state index in [1.807, 2.05) is 24.4 Å². The number of hydrogen-bond donors (Lipinski definition) is 0. The van der Waals surface area contributed by atoms with Crippen LogP contribution in [0.25, 0.3) is 5.52 Å². The fourth-order valence-corrected chi connectivity index (χ4v) is 1.84. The van der Waals surface area contributed by atoms with E-state index in [2.05, 4.69) is 30.2 Å². The Balaban J connectivity index is 2.54. The predicted molar refractivity (Wildman–Crippen MR) is 64.9 cm³/mol. The summed E-state index contributed by atoms with van der Waals surface area (Å²) in [4.78, 5) is 4.47. The van der Waals surface area contributed by atoms with E-state index in [1.54, 1.807) is 7.11 Å². The average Bonchev–Trinajstić information content (AvgIpc) is 2.59. The van der Waals surface area contributed by atoms with Crippen molar-refractivity contribution >= 4 is 5.52 Å². The Morgan fingerprint density at radius 3 is 2.69 bits per heavy atom. The first-order valence-corrected chi connectivity index (χ1v) is 5.50. The molecule has 0 saturated carbocycles. The molecule has 0 fully saturated rings. The summed E-state index contributed by atoms with van der Waals surface area (Å²) in [7, 11) is 1.69. The van der Waals surface area contributed by atoms with Gasteiger partial charge in [-0.05, 0) is 17.5 Å². The molecule has 2 rings (SSSR count). The van der Waals surface area contributed by atoms with Crippen LogP contribution in [0.1, 0.15) is 26.6 Å². The molecule has 0 atom stereocenters. The summed E-state index contributed by atoms with van der Waals surface area (Å²) in [6.45, 7) is 6.64. The molecule has 0 saturated heterocycles. The molecule has 2 heterocycles. The average molecular weight is 218 g/mol. The molecule has 0 aliphatic rings. The van der Waals surface area contributed by atoms with Crippen LogP contribution in [0.5, 0.6) is 5.88 Å². The van der Waals surface area contributed by atoms with E-state index < -0.39 is 0 Å². The highest BCUT2D eigenvalue weighted by Gasteiger charge is 2.16. The maximum Gasteiger partial charge on any atom is 0.199 e. The molecule has 86 valence electrons. The van der Waals surface area contributed by atoms with E-state index >= 15 is 0 Å². The Bertz CT molecular complexity index is 494. The van der Waals surface area contributed by atoms with Crippen LogP contribution in [0.4, 0.5) is 0 Å². The van der Waals surface area contributed by atoms with Crippen LogP contribution >= 0.6 is 0 Å². The minimum Gasteiger partial charge on any atom is -0.482 e. The Hall–Kier alpha value is -1.51. The molecule has 3 heteroatoms. The van der Waals surface area contributed by atoms with E-state index in [0.29, 0.717) is 0 Å². The van der Waals surface area contributed by atoms with Crippen LogP contribution < -0.4 is 4.74 Å². The smallest absolute Gasteiger partial charge is 0.199 e. The van der Waals surface area contributed by atoms with E-state index in [4.69, 9.17) is 4.74 Å². The molecule has 0 bridgehead atoms. The van der Waals surface area contributed by atoms with Gasteiger partial charge in [0.25, 0.3) is 0 Å². The molecule has 3 nitrogen and oxygen atoms in total. The zero-order valence-electron chi connectivity index (χ0n) is 10.3. The van der Waals surface area contributed by atoms with Gasteiger partial charge in [0.1, 0.15) is 5.82 Å². The summed E-state index contributed by atoms with van der Waals surface area (Å²) in [6, 6.07) is 5.99. The number of nitrogens with zero attached hydrogens (tertiary/aromatic N) is 2. The van der Waals surface area contributed by atoms with Crippen LogP contribution in [0.3, 0.4) is 0 Å². The number of hydrogen-bond acceptors (Lipinski definition) is 2. The normalized spacial score (nSPS) is 12.0. The first kappa shape index (κ1) is 11.0. The number of rotatable bonds is 2. The summed E-state index contributed by atoms with van der Waals surface area (Å²) >= 11 is 0. The highest BCUT2D eigenvalue weighted by molar-refractivity contribution is 5.49. The molecule has 0 aliphatic heterocycles. The zero-order valence-corrected chi connectivity index (χ0v) is 10.3. The summed E-state index contributed by atoms with van der Waals surface area (Å²) < 4.78 is 7.44. The van der Waals surface area contributed by atoms with Gasteiger partial charge in [0.2, 0.25) is 0 Å². The lowest BCUT2D eigenvalue weighted by Crippen LogP contribution is -2.12. The molecule has 0 unspecified atom stereocenters. The molecule has 0 N–H and O–H groups in total. The van der Waals surface area contributed by atoms with Crippen molar-refractivity contribution in [2.75, 3.05) is 7.11 Å². The summed E-state index contributed by atoms with van der Waals surface area (Å²) in [6.07, 6.45) is 2.82. The third-order valence-corrected chi connectivity index (χ3v) is 2.49. The lowest BCUT2D eigenvalue weighted by molar-refractivity contribution is 0.374. The van der Waals surface area contributed by atoms with Crippen molar-refractivity contribution in [1.29, 1.82) is 0 Å². The Labute approximate surface area is 96.1 Å². The molecule has 0 amide bonds. The minimum atomic E-state index is 0.224. The van der Waals surface area contributed by atoms with Gasteiger partial charge in [-0.1, -0.05) is 26.8 Å². The van der Waals surface area contributed by atoms with Crippen LogP contribution in [-0.2, 0) is 6.42 Å². The van der Waals surface area contributed by atoms with Gasteiger partial charge in [0.15, 0.2) is 5.88 Å². The Kier molecular flexibility index (Phi) is 2.62. The van der Waals surface area contributed by atoms with E-state index in [1.165, 1.54) is 0 Å². The second-order valence-corrected chi connectivity index (χ2v) is 5.24. The summed E-state index contributed by atoms with van der Waals surface area (Å²) in [5.41, 5.74) is 1.31. The van der Waals surface area contributed by atoms with Gasteiger partial charge >= 0.3 is 0 Å². The van der Waals surface area contributed by atoms with Crippen molar-refractivity contribution in [3.05, 3.63) is 30.2 Å². The predicted octanol–water partition coefficient (Wildman–Crippen LogP) is 2.93. The van der Waals surface area contributed by atoms with Crippen molar-refractivity contribution in [1.82, 2.24) is 9.38 Å². The maximum absolute atomic E-state index is 5.36. The van der Waals surface area contributed by atoms with Gasteiger partial charge in [0, 0.05) is 6.42 Å². The van der Waals surface area contributed by atoms with Gasteiger partial charge in [-0.3, -0.25) is 4.40 Å². The fraction of sp³-hybridized carbons (Fsp3) is 0.462. The van der Waals surface area contributed by atoms with Crippen LogP contribution in [0, 0.1) is 5.41 Å². The molecular formula is C13H18N2O. The van der Waals surface area contributed by atoms with Crippen molar-refractivity contribution in [2.24, 2.45) is 5.41 Å². The number of aromatic nitrogens is 2. The summed E-state index contributed by atoms with van der Waals surface area (Å²) in [5.74, 6) is 1.90. The topological polar surface area (TPSA) is 26.5 Å². The van der Waals surface area contributed by atoms with Gasteiger partial charge in [-0.25, -0.2) is 4.98 Å². The number of ether oxygens (including phenoxy) is 1. The number of pyridine rings is 1. The first-order chi connectivity index (χ1) is 7.51. The third-order valence-electron chi connectivity index (χ3n) is 2.49. The molecule has 16 heavy (non-hydrogen) atoms. The van der Waals surface area contributed by atoms with Crippen molar-refractivity contribution in [3.8, 4) is 5.88 Å². The van der Waals surface area contributed by atoms with Crippen LogP contribution in [0.2, 0.25) is 0 Å². The molecule has 2 aromatic heterocycles. The van der Waals surface area contributed by atoms with Crippen molar-refractivity contribution < 1.29 is 4.74 Å². The van der Waals surface area contributed by atoms with Crippen LogP contribution in [-0.4, -0.2) is 16.5 Å². The zero-order chi connectivity index (χ0) is 11.8. The molecule has 0 radical (unpaired) electrons. The molecular weight excluding hydrogens is 200 g/mol. The van der Waals surface area contributed by atoms with Gasteiger partial charge < -0.3 is 4.74 Å². The molecule has 2 aromatic rings. The Morgan fingerprint density at radius 1 is 1.31 bits per heavy atom. The van der Waals surface area contributed by atoms with Crippen LogP contribution in [0.15, 0.2) is 24.4 Å². The van der Waals surface area contributed by atoms with Crippen molar-refractivity contribution in [3.63, 3.8) is 0 Å². The SMILES string of the molecule is COc1cccc2cnc(CC(C)(C)C)n12. The standard InChI is InChI=1S/C13H18N2O/c1-13(2,3)8-11-14-9-10-6-5-7-12(16-4)15(10)11/h5-7,9H,8H2,1-4H3. The Morgan fingerprint density at radius 2 is 2.06 bits per heavy atom. The lowest BCUT2D eigenvalue weighted by Gasteiger charge is -2.17. The quantitative estimate of drug-likeness (QED) is 0.774. The van der Waals surface area contributed by atoms with E-state index in [-0.39, 0.29) is 5.41 Å². The molecule has 0 aromatic carbocycles.